The lowest BCUT2D eigenvalue weighted by molar-refractivity contribution is 0.252. The average Bonchev–Trinajstić information content (AvgIpc) is 2.65. The molecule has 2 heterocycles. The number of rotatable bonds is 2. The molecule has 2 rings (SSSR count). The van der Waals surface area contributed by atoms with E-state index in [1.54, 1.807) is 17.0 Å². The molecule has 0 spiro atoms. The van der Waals surface area contributed by atoms with Crippen molar-refractivity contribution in [1.82, 2.24) is 10.3 Å². The summed E-state index contributed by atoms with van der Waals surface area (Å²) in [5.41, 5.74) is 8.94. The summed E-state index contributed by atoms with van der Waals surface area (Å²) in [6, 6.07) is 3.12. The highest BCUT2D eigenvalue weighted by molar-refractivity contribution is 5.94. The molecule has 0 saturated carbocycles. The quantitative estimate of drug-likeness (QED) is 0.449. The Morgan fingerprint density at radius 2 is 2.53 bits per heavy atom. The molecule has 0 radical (unpaired) electrons. The number of hydrogen-bond acceptors (Lipinski definition) is 3. The van der Waals surface area contributed by atoms with Gasteiger partial charge in [0.15, 0.2) is 0 Å². The van der Waals surface area contributed by atoms with Gasteiger partial charge in [0.2, 0.25) is 0 Å². The molecule has 1 aliphatic rings. The highest BCUT2D eigenvalue weighted by atomic mass is 16.2. The largest absolute Gasteiger partial charge is 0.336 e. The first-order chi connectivity index (χ1) is 7.31. The lowest BCUT2D eigenvalue weighted by atomic mass is 10.3. The number of pyridine rings is 1. The minimum atomic E-state index is -0.145. The number of carbonyl (C=O) groups excluding carboxylic acids is 1. The molecule has 15 heavy (non-hydrogen) atoms. The van der Waals surface area contributed by atoms with Crippen LogP contribution in [0.15, 0.2) is 23.4 Å². The van der Waals surface area contributed by atoms with Gasteiger partial charge < -0.3 is 5.32 Å². The molecule has 7 nitrogen and oxygen atoms in total. The third-order valence-electron chi connectivity index (χ3n) is 2.04. The van der Waals surface area contributed by atoms with Crippen molar-refractivity contribution in [2.75, 3.05) is 18.0 Å². The number of azide groups is 1. The van der Waals surface area contributed by atoms with Gasteiger partial charge in [-0.15, -0.1) is 0 Å². The van der Waals surface area contributed by atoms with E-state index in [0.717, 1.165) is 0 Å². The Morgan fingerprint density at radius 1 is 1.67 bits per heavy atom. The molecule has 2 amide bonds. The van der Waals surface area contributed by atoms with Crippen molar-refractivity contribution >= 4 is 17.5 Å². The van der Waals surface area contributed by atoms with Crippen molar-refractivity contribution in [1.29, 1.82) is 0 Å². The third kappa shape index (κ3) is 1.82. The van der Waals surface area contributed by atoms with Gasteiger partial charge in [-0.2, -0.15) is 0 Å². The summed E-state index contributed by atoms with van der Waals surface area (Å²) in [7, 11) is 0. The van der Waals surface area contributed by atoms with Crippen LogP contribution in [0.5, 0.6) is 0 Å². The van der Waals surface area contributed by atoms with E-state index in [0.29, 0.717) is 18.8 Å². The smallest absolute Gasteiger partial charge is 0.321 e. The van der Waals surface area contributed by atoms with E-state index in [1.807, 2.05) is 0 Å². The topological polar surface area (TPSA) is 94.0 Å². The first kappa shape index (κ1) is 9.29. The standard InChI is InChI=1S/C8H8N6O/c9-13-12-7-5-6(1-2-10-7)14-4-3-11-8(14)15/h1-2,5H,3-4H2,(H,11,15). The van der Waals surface area contributed by atoms with E-state index in [-0.39, 0.29) is 11.8 Å². The summed E-state index contributed by atoms with van der Waals surface area (Å²) in [4.78, 5) is 19.4. The fourth-order valence-corrected chi connectivity index (χ4v) is 1.39. The van der Waals surface area contributed by atoms with Gasteiger partial charge in [-0.3, -0.25) is 9.88 Å². The van der Waals surface area contributed by atoms with E-state index in [1.165, 1.54) is 6.20 Å². The van der Waals surface area contributed by atoms with E-state index in [4.69, 9.17) is 5.53 Å². The molecule has 1 saturated heterocycles. The Balaban J connectivity index is 2.31. The predicted molar refractivity (Wildman–Crippen MR) is 53.8 cm³/mol. The molecule has 1 fully saturated rings. The van der Waals surface area contributed by atoms with Crippen LogP contribution in [0.2, 0.25) is 0 Å². The number of nitrogens with zero attached hydrogens (tertiary/aromatic N) is 5. The van der Waals surface area contributed by atoms with Crippen LogP contribution in [0.3, 0.4) is 0 Å². The number of urea groups is 1. The van der Waals surface area contributed by atoms with Crippen molar-refractivity contribution in [3.05, 3.63) is 28.8 Å². The summed E-state index contributed by atoms with van der Waals surface area (Å²) in [6.07, 6.45) is 1.50. The number of aromatic nitrogens is 1. The molecule has 0 aromatic carbocycles. The van der Waals surface area contributed by atoms with Gasteiger partial charge in [0.05, 0.1) is 0 Å². The van der Waals surface area contributed by atoms with Crippen LogP contribution < -0.4 is 10.2 Å². The molecule has 1 N–H and O–H groups in total. The van der Waals surface area contributed by atoms with Crippen LogP contribution in [0.25, 0.3) is 10.4 Å². The van der Waals surface area contributed by atoms with Gasteiger partial charge in [-0.1, -0.05) is 0 Å². The third-order valence-corrected chi connectivity index (χ3v) is 2.04. The highest BCUT2D eigenvalue weighted by Gasteiger charge is 2.20. The van der Waals surface area contributed by atoms with Crippen molar-refractivity contribution in [3.63, 3.8) is 0 Å². The maximum atomic E-state index is 11.3. The first-order valence-corrected chi connectivity index (χ1v) is 4.38. The second-order valence-corrected chi connectivity index (χ2v) is 2.95. The summed E-state index contributed by atoms with van der Waals surface area (Å²) in [5.74, 6) is 0.259. The zero-order valence-corrected chi connectivity index (χ0v) is 7.79. The molecule has 1 aromatic heterocycles. The van der Waals surface area contributed by atoms with Crippen LogP contribution in [-0.2, 0) is 0 Å². The molecule has 76 valence electrons. The van der Waals surface area contributed by atoms with E-state index in [2.05, 4.69) is 20.3 Å². The number of hydrogen-bond donors (Lipinski definition) is 1. The van der Waals surface area contributed by atoms with Crippen LogP contribution >= 0.6 is 0 Å². The Labute approximate surface area is 85.3 Å². The highest BCUT2D eigenvalue weighted by Crippen LogP contribution is 2.20. The Kier molecular flexibility index (Phi) is 2.38. The zero-order chi connectivity index (χ0) is 10.7. The van der Waals surface area contributed by atoms with Crippen LogP contribution in [-0.4, -0.2) is 24.1 Å². The molecule has 1 aromatic rings. The van der Waals surface area contributed by atoms with Crippen molar-refractivity contribution in [2.24, 2.45) is 5.11 Å². The number of amides is 2. The molecule has 0 unspecified atom stereocenters. The van der Waals surface area contributed by atoms with Gasteiger partial charge in [-0.05, 0) is 22.8 Å². The number of anilines is 1. The van der Waals surface area contributed by atoms with Gasteiger partial charge in [0.25, 0.3) is 0 Å². The Hall–Kier alpha value is -2.27. The summed E-state index contributed by atoms with van der Waals surface area (Å²) < 4.78 is 0. The van der Waals surface area contributed by atoms with Crippen LogP contribution in [0, 0.1) is 0 Å². The number of nitrogens with one attached hydrogen (secondary N) is 1. The van der Waals surface area contributed by atoms with Crippen LogP contribution in [0.4, 0.5) is 16.3 Å². The molecular formula is C8H8N6O. The summed E-state index contributed by atoms with van der Waals surface area (Å²) >= 11 is 0. The first-order valence-electron chi connectivity index (χ1n) is 4.38. The minimum Gasteiger partial charge on any atom is -0.336 e. The molecule has 0 atom stereocenters. The average molecular weight is 204 g/mol. The zero-order valence-electron chi connectivity index (χ0n) is 7.79. The lowest BCUT2D eigenvalue weighted by Gasteiger charge is -2.13. The molecular weight excluding hydrogens is 196 g/mol. The normalized spacial score (nSPS) is 14.7. The van der Waals surface area contributed by atoms with Gasteiger partial charge in [0, 0.05) is 29.9 Å². The van der Waals surface area contributed by atoms with E-state index >= 15 is 0 Å². The van der Waals surface area contributed by atoms with Crippen molar-refractivity contribution in [2.45, 2.75) is 0 Å². The van der Waals surface area contributed by atoms with Gasteiger partial charge in [-0.25, -0.2) is 4.79 Å². The second kappa shape index (κ2) is 3.85. The Morgan fingerprint density at radius 3 is 3.20 bits per heavy atom. The van der Waals surface area contributed by atoms with Gasteiger partial charge in [0.1, 0.15) is 5.82 Å². The fraction of sp³-hybridized carbons (Fsp3) is 0.250. The SMILES string of the molecule is [N-]=[N+]=Nc1cc(N2CCNC2=O)ccn1. The molecule has 1 aliphatic heterocycles. The number of carbonyl (C=O) groups is 1. The van der Waals surface area contributed by atoms with Crippen LogP contribution in [0.1, 0.15) is 0 Å². The summed E-state index contributed by atoms with van der Waals surface area (Å²) in [5, 5.41) is 6.06. The molecule has 7 heteroatoms. The van der Waals surface area contributed by atoms with E-state index < -0.39 is 0 Å². The van der Waals surface area contributed by atoms with E-state index in [9.17, 15) is 4.79 Å². The van der Waals surface area contributed by atoms with Gasteiger partial charge >= 0.3 is 6.03 Å². The molecule has 0 aliphatic carbocycles. The molecule has 0 bridgehead atoms. The summed E-state index contributed by atoms with van der Waals surface area (Å²) in [6.45, 7) is 1.23. The maximum Gasteiger partial charge on any atom is 0.321 e. The fourth-order valence-electron chi connectivity index (χ4n) is 1.39. The van der Waals surface area contributed by atoms with Crippen molar-refractivity contribution < 1.29 is 4.79 Å². The van der Waals surface area contributed by atoms with Crippen molar-refractivity contribution in [3.8, 4) is 0 Å². The maximum absolute atomic E-state index is 11.3. The lowest BCUT2D eigenvalue weighted by Crippen LogP contribution is -2.27. The second-order valence-electron chi connectivity index (χ2n) is 2.95. The minimum absolute atomic E-state index is 0.145. The predicted octanol–water partition coefficient (Wildman–Crippen LogP) is 1.55. The monoisotopic (exact) mass is 204 g/mol. The Bertz CT molecular complexity index is 439.